The molecule has 4 aromatic rings. The van der Waals surface area contributed by atoms with Gasteiger partial charge in [0.1, 0.15) is 29.5 Å². The largest absolute Gasteiger partial charge is 0.509 e. The lowest BCUT2D eigenvalue weighted by molar-refractivity contribution is -0.133. The second kappa shape index (κ2) is 7.50. The van der Waals surface area contributed by atoms with E-state index in [1.54, 1.807) is 18.2 Å². The van der Waals surface area contributed by atoms with Gasteiger partial charge in [-0.2, -0.15) is 4.80 Å². The van der Waals surface area contributed by atoms with Crippen molar-refractivity contribution in [1.82, 2.24) is 30.2 Å². The summed E-state index contributed by atoms with van der Waals surface area (Å²) in [6.45, 7) is -0.260. The molecule has 2 aromatic carbocycles. The van der Waals surface area contributed by atoms with E-state index in [1.807, 2.05) is 12.1 Å². The molecule has 0 atom stereocenters. The lowest BCUT2D eigenvalue weighted by Crippen LogP contribution is -2.13. The zero-order valence-corrected chi connectivity index (χ0v) is 15.2. The molecule has 0 saturated carbocycles. The fourth-order valence-electron chi connectivity index (χ4n) is 2.79. The van der Waals surface area contributed by atoms with E-state index >= 15 is 0 Å². The number of methoxy groups -OCH3 is 1. The third-order valence-electron chi connectivity index (χ3n) is 4.13. The molecule has 0 unspecified atom stereocenters. The number of fused-ring (bicyclic) bond motifs is 1. The van der Waals surface area contributed by atoms with Gasteiger partial charge in [-0.3, -0.25) is 0 Å². The number of carbonyl (C=O) groups is 1. The first-order valence-electron chi connectivity index (χ1n) is 8.54. The molecule has 2 aromatic heterocycles. The number of rotatable bonds is 5. The second-order valence-electron chi connectivity index (χ2n) is 6.07. The molecule has 146 valence electrons. The molecule has 0 aliphatic carbocycles. The maximum absolute atomic E-state index is 13.4. The summed E-state index contributed by atoms with van der Waals surface area (Å²) in [6.07, 6.45) is 0. The van der Waals surface area contributed by atoms with Crippen LogP contribution in [-0.4, -0.2) is 48.4 Å². The van der Waals surface area contributed by atoms with Crippen LogP contribution in [0.5, 0.6) is 0 Å². The van der Waals surface area contributed by atoms with Crippen LogP contribution in [0.1, 0.15) is 5.82 Å². The first-order valence-corrected chi connectivity index (χ1v) is 8.54. The van der Waals surface area contributed by atoms with Crippen LogP contribution < -0.4 is 0 Å². The lowest BCUT2D eigenvalue weighted by atomic mass is 10.2. The van der Waals surface area contributed by atoms with Crippen LogP contribution in [0.3, 0.4) is 0 Å². The summed E-state index contributed by atoms with van der Waals surface area (Å²) >= 11 is 0. The molecule has 0 spiro atoms. The van der Waals surface area contributed by atoms with E-state index in [-0.39, 0.29) is 29.5 Å². The number of aromatic amines is 1. The Morgan fingerprint density at radius 1 is 1.24 bits per heavy atom. The Bertz CT molecular complexity index is 1200. The number of carbonyl (C=O) groups excluding carboxylic acids is 1. The van der Waals surface area contributed by atoms with Gasteiger partial charge in [-0.05, 0) is 29.5 Å². The summed E-state index contributed by atoms with van der Waals surface area (Å²) in [4.78, 5) is 20.7. The van der Waals surface area contributed by atoms with Crippen LogP contribution in [0.2, 0.25) is 0 Å². The second-order valence-corrected chi connectivity index (χ2v) is 6.07. The minimum Gasteiger partial charge on any atom is -0.509 e. The number of aliphatic hydroxyl groups excluding tert-OH is 1. The molecule has 0 aliphatic heterocycles. The van der Waals surface area contributed by atoms with Gasteiger partial charge in [-0.15, -0.1) is 10.2 Å². The monoisotopic (exact) mass is 394 g/mol. The molecule has 0 bridgehead atoms. The summed E-state index contributed by atoms with van der Waals surface area (Å²) in [6, 6.07) is 12.9. The van der Waals surface area contributed by atoms with Crippen LogP contribution in [-0.2, 0) is 16.1 Å². The molecule has 0 aliphatic rings. The van der Waals surface area contributed by atoms with E-state index in [9.17, 15) is 14.3 Å². The van der Waals surface area contributed by atoms with Gasteiger partial charge in [0.05, 0.1) is 18.1 Å². The van der Waals surface area contributed by atoms with Crippen molar-refractivity contribution in [3.05, 3.63) is 65.9 Å². The number of nitrogens with one attached hydrogen (secondary N) is 1. The normalized spacial score (nSPS) is 12.1. The summed E-state index contributed by atoms with van der Waals surface area (Å²) in [5, 5.41) is 22.4. The Morgan fingerprint density at radius 3 is 2.83 bits per heavy atom. The smallest absolute Gasteiger partial charge is 0.345 e. The molecule has 0 radical (unpaired) electrons. The third kappa shape index (κ3) is 3.68. The fraction of sp³-hybridized carbons (Fsp3) is 0.105. The summed E-state index contributed by atoms with van der Waals surface area (Å²) in [5.74, 6) is -1.23. The minimum atomic E-state index is -0.771. The Kier molecular flexibility index (Phi) is 4.73. The summed E-state index contributed by atoms with van der Waals surface area (Å²) in [7, 11) is 1.20. The van der Waals surface area contributed by atoms with Crippen LogP contribution in [0.15, 0.2) is 54.3 Å². The Morgan fingerprint density at radius 2 is 2.07 bits per heavy atom. The van der Waals surface area contributed by atoms with E-state index in [1.165, 1.54) is 25.3 Å². The van der Waals surface area contributed by atoms with E-state index in [2.05, 4.69) is 25.4 Å². The quantitative estimate of drug-likeness (QED) is 0.303. The number of ether oxygens (including phenoxy) is 1. The number of tetrazole rings is 1. The zero-order chi connectivity index (χ0) is 20.4. The van der Waals surface area contributed by atoms with E-state index in [0.29, 0.717) is 16.6 Å². The number of allylic oxidation sites excluding steroid dienone is 1. The number of H-pyrrole nitrogens is 1. The average molecular weight is 394 g/mol. The van der Waals surface area contributed by atoms with Crippen molar-refractivity contribution in [3.63, 3.8) is 0 Å². The first kappa shape index (κ1) is 18.3. The molecule has 0 amide bonds. The van der Waals surface area contributed by atoms with Gasteiger partial charge in [-0.1, -0.05) is 24.3 Å². The van der Waals surface area contributed by atoms with Crippen molar-refractivity contribution < 1.29 is 19.0 Å². The molecule has 2 N–H and O–H groups in total. The topological polar surface area (TPSA) is 119 Å². The van der Waals surface area contributed by atoms with Gasteiger partial charge in [0, 0.05) is 5.56 Å². The Hall–Kier alpha value is -4.08. The molecule has 4 rings (SSSR count). The standard InChI is InChI=1S/C19H15FN6O3/c1-29-19(28)16(18-21-13-7-2-3-8-14(13)22-18)15(27)10-26-24-17(23-25-26)11-5-4-6-12(20)9-11/h2-9,27H,10H2,1H3,(H,21,22)/b16-15+. The molecule has 0 saturated heterocycles. The predicted octanol–water partition coefficient (Wildman–Crippen LogP) is 2.50. The van der Waals surface area contributed by atoms with Gasteiger partial charge >= 0.3 is 5.97 Å². The number of aliphatic hydroxyl groups is 1. The summed E-state index contributed by atoms with van der Waals surface area (Å²) < 4.78 is 18.2. The lowest BCUT2D eigenvalue weighted by Gasteiger charge is -2.06. The van der Waals surface area contributed by atoms with Crippen LogP contribution in [0.25, 0.3) is 28.0 Å². The maximum atomic E-state index is 13.4. The Labute approximate surface area is 163 Å². The third-order valence-corrected chi connectivity index (χ3v) is 4.13. The number of para-hydroxylation sites is 2. The maximum Gasteiger partial charge on any atom is 0.345 e. The van der Waals surface area contributed by atoms with E-state index in [4.69, 9.17) is 4.74 Å². The van der Waals surface area contributed by atoms with Gasteiger partial charge in [0.25, 0.3) is 0 Å². The molecular formula is C19H15FN6O3. The highest BCUT2D eigenvalue weighted by Crippen LogP contribution is 2.21. The van der Waals surface area contributed by atoms with Crippen LogP contribution in [0.4, 0.5) is 4.39 Å². The molecule has 29 heavy (non-hydrogen) atoms. The number of esters is 1. The molecule has 10 heteroatoms. The SMILES string of the molecule is COC(=O)/C(=C(/O)Cn1nnc(-c2cccc(F)c2)n1)c1nc2ccccc2[nH]1. The van der Waals surface area contributed by atoms with Gasteiger partial charge < -0.3 is 14.8 Å². The molecule has 0 fully saturated rings. The minimum absolute atomic E-state index is 0.145. The van der Waals surface area contributed by atoms with Crippen LogP contribution >= 0.6 is 0 Å². The number of hydrogen-bond donors (Lipinski definition) is 2. The number of benzene rings is 2. The van der Waals surface area contributed by atoms with Crippen LogP contribution in [0, 0.1) is 5.82 Å². The van der Waals surface area contributed by atoms with E-state index in [0.717, 1.165) is 4.80 Å². The number of aromatic nitrogens is 6. The average Bonchev–Trinajstić information content (AvgIpc) is 3.34. The number of halogens is 1. The van der Waals surface area contributed by atoms with E-state index < -0.39 is 11.8 Å². The van der Waals surface area contributed by atoms with Gasteiger partial charge in [0.2, 0.25) is 5.82 Å². The molecular weight excluding hydrogens is 379 g/mol. The number of hydrogen-bond acceptors (Lipinski definition) is 7. The van der Waals surface area contributed by atoms with Crippen molar-refractivity contribution in [1.29, 1.82) is 0 Å². The highest BCUT2D eigenvalue weighted by molar-refractivity contribution is 6.16. The van der Waals surface area contributed by atoms with Crippen molar-refractivity contribution >= 4 is 22.6 Å². The predicted molar refractivity (Wildman–Crippen MR) is 101 cm³/mol. The fourth-order valence-corrected chi connectivity index (χ4v) is 2.79. The zero-order valence-electron chi connectivity index (χ0n) is 15.2. The Balaban J connectivity index is 1.68. The highest BCUT2D eigenvalue weighted by Gasteiger charge is 2.23. The highest BCUT2D eigenvalue weighted by atomic mass is 19.1. The molecule has 9 nitrogen and oxygen atoms in total. The van der Waals surface area contributed by atoms with Crippen molar-refractivity contribution in [2.75, 3.05) is 7.11 Å². The molecule has 2 heterocycles. The van der Waals surface area contributed by atoms with Crippen molar-refractivity contribution in [3.8, 4) is 11.4 Å². The summed E-state index contributed by atoms with van der Waals surface area (Å²) in [5.41, 5.74) is 1.62. The number of imidazole rings is 1. The van der Waals surface area contributed by atoms with Crippen molar-refractivity contribution in [2.24, 2.45) is 0 Å². The van der Waals surface area contributed by atoms with Gasteiger partial charge in [-0.25, -0.2) is 14.2 Å². The van der Waals surface area contributed by atoms with Gasteiger partial charge in [0.15, 0.2) is 0 Å². The van der Waals surface area contributed by atoms with Crippen molar-refractivity contribution in [2.45, 2.75) is 6.54 Å². The first-order chi connectivity index (χ1) is 14.0. The number of nitrogens with zero attached hydrogens (tertiary/aromatic N) is 5.